The van der Waals surface area contributed by atoms with E-state index in [0.717, 1.165) is 0 Å². The molecule has 24 heavy (non-hydrogen) atoms. The topological polar surface area (TPSA) is 74.6 Å². The van der Waals surface area contributed by atoms with Crippen LogP contribution < -0.4 is 0 Å². The molecule has 0 spiro atoms. The van der Waals surface area contributed by atoms with Gasteiger partial charge in [0.25, 0.3) is 0 Å². The second kappa shape index (κ2) is 6.26. The summed E-state index contributed by atoms with van der Waals surface area (Å²) < 4.78 is 0. The Morgan fingerprint density at radius 2 is 1.50 bits per heavy atom. The third kappa shape index (κ3) is 2.92. The lowest BCUT2D eigenvalue weighted by molar-refractivity contribution is -0.132. The second-order valence-electron chi connectivity index (χ2n) is 5.69. The highest BCUT2D eigenvalue weighted by Gasteiger charge is 2.35. The van der Waals surface area contributed by atoms with E-state index in [1.54, 1.807) is 54.6 Å². The smallest absolute Gasteiger partial charge is 0.336 e. The van der Waals surface area contributed by atoms with Gasteiger partial charge in [0.15, 0.2) is 5.78 Å². The van der Waals surface area contributed by atoms with Gasteiger partial charge in [-0.15, -0.1) is 0 Å². The summed E-state index contributed by atoms with van der Waals surface area (Å²) in [5.74, 6) is -1.56. The summed E-state index contributed by atoms with van der Waals surface area (Å²) in [7, 11) is 0. The molecule has 0 aromatic heterocycles. The molecule has 4 heteroatoms. The number of carboxylic acids is 1. The molecule has 1 unspecified atom stereocenters. The number of aliphatic hydroxyl groups is 1. The summed E-state index contributed by atoms with van der Waals surface area (Å²) in [4.78, 5) is 24.3. The lowest BCUT2D eigenvalue weighted by atomic mass is 9.79. The average molecular weight is 320 g/mol. The predicted molar refractivity (Wildman–Crippen MR) is 89.5 cm³/mol. The molecule has 0 bridgehead atoms. The molecule has 2 aromatic carbocycles. The van der Waals surface area contributed by atoms with Crippen molar-refractivity contribution in [1.82, 2.24) is 0 Å². The largest absolute Gasteiger partial charge is 0.478 e. The number of ketones is 1. The zero-order valence-corrected chi connectivity index (χ0v) is 12.8. The van der Waals surface area contributed by atoms with Gasteiger partial charge in [0.2, 0.25) is 0 Å². The predicted octanol–water partition coefficient (Wildman–Crippen LogP) is 3.10. The normalized spacial score (nSPS) is 20.0. The number of rotatable bonds is 4. The standard InChI is InChI=1S/C20H16O4/c21-18(14-7-3-1-4-8-14)17-13-20(24,12-11-16(17)19(22)23)15-9-5-2-6-10-15/h1-12,24H,13H2,(H,22,23). The first-order valence-electron chi connectivity index (χ1n) is 7.54. The van der Waals surface area contributed by atoms with E-state index >= 15 is 0 Å². The van der Waals surface area contributed by atoms with Gasteiger partial charge >= 0.3 is 5.97 Å². The molecule has 0 saturated carbocycles. The van der Waals surface area contributed by atoms with E-state index in [1.165, 1.54) is 12.2 Å². The number of hydrogen-bond donors (Lipinski definition) is 2. The first kappa shape index (κ1) is 15.9. The van der Waals surface area contributed by atoms with Crippen LogP contribution in [0, 0.1) is 0 Å². The highest BCUT2D eigenvalue weighted by Crippen LogP contribution is 2.36. The molecule has 0 aliphatic heterocycles. The van der Waals surface area contributed by atoms with Gasteiger partial charge in [0.05, 0.1) is 5.57 Å². The van der Waals surface area contributed by atoms with Crippen molar-refractivity contribution in [3.05, 3.63) is 95.1 Å². The molecule has 0 fully saturated rings. The number of Topliss-reactive ketones (excluding diaryl/α,β-unsaturated/α-hetero) is 1. The number of carboxylic acid groups (broad SMARTS) is 1. The summed E-state index contributed by atoms with van der Waals surface area (Å²) in [6.45, 7) is 0. The lowest BCUT2D eigenvalue weighted by Crippen LogP contribution is -2.30. The number of hydrogen-bond acceptors (Lipinski definition) is 3. The van der Waals surface area contributed by atoms with E-state index in [9.17, 15) is 19.8 Å². The zero-order valence-electron chi connectivity index (χ0n) is 12.8. The van der Waals surface area contributed by atoms with Gasteiger partial charge in [-0.25, -0.2) is 4.79 Å². The van der Waals surface area contributed by atoms with Crippen LogP contribution in [0.25, 0.3) is 0 Å². The molecule has 0 heterocycles. The Kier molecular flexibility index (Phi) is 4.15. The molecule has 2 aromatic rings. The minimum atomic E-state index is -1.40. The summed E-state index contributed by atoms with van der Waals surface area (Å²) in [6.07, 6.45) is 2.67. The van der Waals surface area contributed by atoms with Gasteiger partial charge in [0, 0.05) is 17.6 Å². The van der Waals surface area contributed by atoms with Gasteiger partial charge in [-0.2, -0.15) is 0 Å². The summed E-state index contributed by atoms with van der Waals surface area (Å²) >= 11 is 0. The van der Waals surface area contributed by atoms with Gasteiger partial charge in [-0.1, -0.05) is 60.7 Å². The van der Waals surface area contributed by atoms with E-state index in [-0.39, 0.29) is 23.4 Å². The van der Waals surface area contributed by atoms with E-state index in [1.807, 2.05) is 6.07 Å². The second-order valence-corrected chi connectivity index (χ2v) is 5.69. The molecule has 4 nitrogen and oxygen atoms in total. The molecule has 1 aliphatic carbocycles. The monoisotopic (exact) mass is 320 g/mol. The minimum absolute atomic E-state index is 0.0792. The van der Waals surface area contributed by atoms with Crippen LogP contribution in [0.4, 0.5) is 0 Å². The van der Waals surface area contributed by atoms with E-state index < -0.39 is 11.6 Å². The minimum Gasteiger partial charge on any atom is -0.478 e. The van der Waals surface area contributed by atoms with E-state index in [0.29, 0.717) is 11.1 Å². The van der Waals surface area contributed by atoms with Crippen molar-refractivity contribution >= 4 is 11.8 Å². The first-order chi connectivity index (χ1) is 11.5. The van der Waals surface area contributed by atoms with Crippen LogP contribution in [0.5, 0.6) is 0 Å². The molecule has 0 amide bonds. The van der Waals surface area contributed by atoms with E-state index in [4.69, 9.17) is 0 Å². The van der Waals surface area contributed by atoms with Crippen molar-refractivity contribution < 1.29 is 19.8 Å². The Morgan fingerprint density at radius 3 is 2.08 bits per heavy atom. The fourth-order valence-corrected chi connectivity index (χ4v) is 2.84. The van der Waals surface area contributed by atoms with Crippen LogP contribution in [-0.4, -0.2) is 22.0 Å². The molecule has 0 saturated heterocycles. The Bertz CT molecular complexity index is 834. The maximum atomic E-state index is 12.8. The van der Waals surface area contributed by atoms with Crippen LogP contribution in [0.15, 0.2) is 84.0 Å². The maximum absolute atomic E-state index is 12.8. The number of carbonyl (C=O) groups excluding carboxylic acids is 1. The van der Waals surface area contributed by atoms with Gasteiger partial charge < -0.3 is 10.2 Å². The molecular weight excluding hydrogens is 304 g/mol. The molecule has 1 aliphatic rings. The van der Waals surface area contributed by atoms with Crippen molar-refractivity contribution in [2.24, 2.45) is 0 Å². The van der Waals surface area contributed by atoms with Crippen molar-refractivity contribution in [2.75, 3.05) is 0 Å². The van der Waals surface area contributed by atoms with Crippen molar-refractivity contribution in [3.8, 4) is 0 Å². The van der Waals surface area contributed by atoms with Crippen molar-refractivity contribution in [2.45, 2.75) is 12.0 Å². The number of carbonyl (C=O) groups is 2. The molecule has 120 valence electrons. The van der Waals surface area contributed by atoms with Crippen LogP contribution in [0.2, 0.25) is 0 Å². The quantitative estimate of drug-likeness (QED) is 0.849. The van der Waals surface area contributed by atoms with Crippen LogP contribution in [-0.2, 0) is 10.4 Å². The summed E-state index contributed by atoms with van der Waals surface area (Å²) in [5, 5.41) is 20.3. The van der Waals surface area contributed by atoms with E-state index in [2.05, 4.69) is 0 Å². The third-order valence-electron chi connectivity index (χ3n) is 4.11. The fraction of sp³-hybridized carbons (Fsp3) is 0.100. The zero-order chi connectivity index (χ0) is 17.2. The Balaban J connectivity index is 2.05. The Morgan fingerprint density at radius 1 is 0.917 bits per heavy atom. The van der Waals surface area contributed by atoms with Crippen molar-refractivity contribution in [1.29, 1.82) is 0 Å². The fourth-order valence-electron chi connectivity index (χ4n) is 2.84. The molecule has 3 rings (SSSR count). The lowest BCUT2D eigenvalue weighted by Gasteiger charge is -2.30. The summed E-state index contributed by atoms with van der Waals surface area (Å²) in [5.41, 5.74) is -0.368. The molecule has 0 radical (unpaired) electrons. The Labute approximate surface area is 139 Å². The molecular formula is C20H16O4. The average Bonchev–Trinajstić information content (AvgIpc) is 2.62. The SMILES string of the molecule is O=C(O)C1=C(C(=O)c2ccccc2)CC(O)(c2ccccc2)C=C1. The van der Waals surface area contributed by atoms with Crippen LogP contribution in [0.3, 0.4) is 0 Å². The summed E-state index contributed by atoms with van der Waals surface area (Å²) in [6, 6.07) is 17.4. The van der Waals surface area contributed by atoms with Crippen LogP contribution >= 0.6 is 0 Å². The highest BCUT2D eigenvalue weighted by atomic mass is 16.4. The van der Waals surface area contributed by atoms with Gasteiger partial charge in [0.1, 0.15) is 5.60 Å². The van der Waals surface area contributed by atoms with Crippen molar-refractivity contribution in [3.63, 3.8) is 0 Å². The number of aliphatic carboxylic acids is 1. The first-order valence-corrected chi connectivity index (χ1v) is 7.54. The Hall–Kier alpha value is -2.98. The van der Waals surface area contributed by atoms with Crippen LogP contribution in [0.1, 0.15) is 22.3 Å². The highest BCUT2D eigenvalue weighted by molar-refractivity contribution is 6.13. The molecule has 1 atom stereocenters. The molecule has 2 N–H and O–H groups in total. The maximum Gasteiger partial charge on any atom is 0.336 e. The van der Waals surface area contributed by atoms with Gasteiger partial charge in [-0.05, 0) is 17.7 Å². The number of benzene rings is 2. The van der Waals surface area contributed by atoms with Gasteiger partial charge in [-0.3, -0.25) is 4.79 Å². The third-order valence-corrected chi connectivity index (χ3v) is 4.11.